The fourth-order valence-electron chi connectivity index (χ4n) is 1.69. The summed E-state index contributed by atoms with van der Waals surface area (Å²) in [6.45, 7) is 5.84. The van der Waals surface area contributed by atoms with Gasteiger partial charge in [0, 0.05) is 31.6 Å². The third-order valence-electron chi connectivity index (χ3n) is 2.55. The number of rotatable bonds is 7. The van der Waals surface area contributed by atoms with Gasteiger partial charge in [-0.15, -0.1) is 0 Å². The maximum atomic E-state index is 5.51. The molecule has 1 N–H and O–H groups in total. The predicted octanol–water partition coefficient (Wildman–Crippen LogP) is 2.47. The van der Waals surface area contributed by atoms with Gasteiger partial charge in [-0.05, 0) is 37.9 Å². The second-order valence-electron chi connectivity index (χ2n) is 4.04. The number of ether oxygens (including phenoxy) is 1. The molecule has 0 saturated carbocycles. The summed E-state index contributed by atoms with van der Waals surface area (Å²) in [6, 6.07) is 2.51. The molecular formula is C13H22N2O. The average Bonchev–Trinajstić information content (AvgIpc) is 2.29. The van der Waals surface area contributed by atoms with E-state index in [1.807, 2.05) is 19.4 Å². The Balaban J connectivity index is 2.47. The fourth-order valence-corrected chi connectivity index (χ4v) is 1.69. The first-order valence-corrected chi connectivity index (χ1v) is 5.94. The van der Waals surface area contributed by atoms with Crippen LogP contribution < -0.4 is 5.32 Å². The van der Waals surface area contributed by atoms with Gasteiger partial charge in [0.1, 0.15) is 0 Å². The molecule has 1 aromatic rings. The van der Waals surface area contributed by atoms with Gasteiger partial charge in [-0.1, -0.05) is 13.0 Å². The normalized spacial score (nSPS) is 12.7. The molecule has 0 aliphatic carbocycles. The second kappa shape index (κ2) is 7.36. The lowest BCUT2D eigenvalue weighted by atomic mass is 10.1. The number of nitrogens with zero attached hydrogens (tertiary/aromatic N) is 1. The van der Waals surface area contributed by atoms with Crippen LogP contribution in [0.2, 0.25) is 0 Å². The van der Waals surface area contributed by atoms with Crippen LogP contribution in [0.15, 0.2) is 18.5 Å². The molecule has 1 aromatic heterocycles. The van der Waals surface area contributed by atoms with Gasteiger partial charge < -0.3 is 10.1 Å². The van der Waals surface area contributed by atoms with Crippen LogP contribution in [0.5, 0.6) is 0 Å². The lowest BCUT2D eigenvalue weighted by molar-refractivity contribution is 0.125. The van der Waals surface area contributed by atoms with Gasteiger partial charge in [0.25, 0.3) is 0 Å². The molecule has 0 amide bonds. The van der Waals surface area contributed by atoms with Gasteiger partial charge >= 0.3 is 0 Å². The van der Waals surface area contributed by atoms with E-state index in [4.69, 9.17) is 4.74 Å². The van der Waals surface area contributed by atoms with Crippen molar-refractivity contribution >= 4 is 0 Å². The fraction of sp³-hybridized carbons (Fsp3) is 0.615. The van der Waals surface area contributed by atoms with Crippen LogP contribution in [0.4, 0.5) is 0 Å². The van der Waals surface area contributed by atoms with E-state index in [0.29, 0.717) is 6.04 Å². The van der Waals surface area contributed by atoms with Gasteiger partial charge in [0.2, 0.25) is 0 Å². The van der Waals surface area contributed by atoms with Crippen LogP contribution in [-0.4, -0.2) is 25.2 Å². The number of aryl methyl sites for hydroxylation is 1. The zero-order chi connectivity index (χ0) is 11.8. The molecule has 0 aliphatic rings. The molecule has 0 saturated heterocycles. The van der Waals surface area contributed by atoms with Gasteiger partial charge in [0.05, 0.1) is 0 Å². The van der Waals surface area contributed by atoms with Gasteiger partial charge in [-0.25, -0.2) is 0 Å². The lowest BCUT2D eigenvalue weighted by Gasteiger charge is -2.16. The molecule has 1 atom stereocenters. The zero-order valence-electron chi connectivity index (χ0n) is 10.5. The maximum Gasteiger partial charge on any atom is 0.0484 e. The molecular weight excluding hydrogens is 200 g/mol. The summed E-state index contributed by atoms with van der Waals surface area (Å²) in [5, 5.41) is 3.30. The molecule has 1 rings (SSSR count). The summed E-state index contributed by atoms with van der Waals surface area (Å²) < 4.78 is 5.51. The Bertz CT molecular complexity index is 302. The summed E-state index contributed by atoms with van der Waals surface area (Å²) in [6.07, 6.45) is 5.87. The third-order valence-corrected chi connectivity index (χ3v) is 2.55. The summed E-state index contributed by atoms with van der Waals surface area (Å²) in [5.74, 6) is 0. The van der Waals surface area contributed by atoms with Crippen LogP contribution >= 0.6 is 0 Å². The standard InChI is InChI=1S/C13H22N2O/c1-4-6-16-7-5-13(14-3)12-8-11(2)9-15-10-12/h8-10,13-14H,4-7H2,1-3H3. The molecule has 3 nitrogen and oxygen atoms in total. The van der Waals surface area contributed by atoms with Crippen LogP contribution in [0, 0.1) is 6.92 Å². The summed E-state index contributed by atoms with van der Waals surface area (Å²) >= 11 is 0. The van der Waals surface area contributed by atoms with Crippen molar-refractivity contribution in [2.45, 2.75) is 32.7 Å². The highest BCUT2D eigenvalue weighted by Crippen LogP contribution is 2.16. The van der Waals surface area contributed by atoms with Crippen LogP contribution in [0.25, 0.3) is 0 Å². The highest BCUT2D eigenvalue weighted by Gasteiger charge is 2.09. The number of pyridine rings is 1. The first kappa shape index (κ1) is 13.1. The minimum Gasteiger partial charge on any atom is -0.381 e. The SMILES string of the molecule is CCCOCCC(NC)c1cncc(C)c1. The minimum absolute atomic E-state index is 0.337. The molecule has 1 unspecified atom stereocenters. The van der Waals surface area contributed by atoms with E-state index in [2.05, 4.69) is 30.2 Å². The van der Waals surface area contributed by atoms with Crippen molar-refractivity contribution in [1.29, 1.82) is 0 Å². The molecule has 0 radical (unpaired) electrons. The van der Waals surface area contributed by atoms with E-state index >= 15 is 0 Å². The Labute approximate surface area is 98.2 Å². The molecule has 16 heavy (non-hydrogen) atoms. The van der Waals surface area contributed by atoms with Crippen molar-refractivity contribution in [3.8, 4) is 0 Å². The Morgan fingerprint density at radius 2 is 2.19 bits per heavy atom. The van der Waals surface area contributed by atoms with Crippen LogP contribution in [0.1, 0.15) is 36.9 Å². The molecule has 0 aromatic carbocycles. The summed E-state index contributed by atoms with van der Waals surface area (Å²) in [4.78, 5) is 4.22. The van der Waals surface area contributed by atoms with Crippen molar-refractivity contribution in [3.63, 3.8) is 0 Å². The quantitative estimate of drug-likeness (QED) is 0.720. The second-order valence-corrected chi connectivity index (χ2v) is 4.04. The highest BCUT2D eigenvalue weighted by atomic mass is 16.5. The minimum atomic E-state index is 0.337. The van der Waals surface area contributed by atoms with Gasteiger partial charge in [-0.3, -0.25) is 4.98 Å². The van der Waals surface area contributed by atoms with Crippen LogP contribution in [-0.2, 0) is 4.74 Å². The van der Waals surface area contributed by atoms with Gasteiger partial charge in [0.15, 0.2) is 0 Å². The molecule has 0 spiro atoms. The average molecular weight is 222 g/mol. The van der Waals surface area contributed by atoms with E-state index in [-0.39, 0.29) is 0 Å². The number of hydrogen-bond donors (Lipinski definition) is 1. The molecule has 0 fully saturated rings. The monoisotopic (exact) mass is 222 g/mol. The number of nitrogens with one attached hydrogen (secondary N) is 1. The van der Waals surface area contributed by atoms with E-state index in [1.54, 1.807) is 0 Å². The first-order valence-electron chi connectivity index (χ1n) is 5.94. The topological polar surface area (TPSA) is 34.1 Å². The zero-order valence-corrected chi connectivity index (χ0v) is 10.5. The maximum absolute atomic E-state index is 5.51. The predicted molar refractivity (Wildman–Crippen MR) is 66.5 cm³/mol. The first-order chi connectivity index (χ1) is 7.77. The van der Waals surface area contributed by atoms with Crippen molar-refractivity contribution < 1.29 is 4.74 Å². The van der Waals surface area contributed by atoms with Crippen molar-refractivity contribution in [1.82, 2.24) is 10.3 Å². The Morgan fingerprint density at radius 3 is 2.81 bits per heavy atom. The van der Waals surface area contributed by atoms with E-state index in [0.717, 1.165) is 26.1 Å². The third kappa shape index (κ3) is 4.29. The Morgan fingerprint density at radius 1 is 1.38 bits per heavy atom. The van der Waals surface area contributed by atoms with E-state index < -0.39 is 0 Å². The molecule has 0 aliphatic heterocycles. The molecule has 1 heterocycles. The lowest BCUT2D eigenvalue weighted by Crippen LogP contribution is -2.18. The van der Waals surface area contributed by atoms with E-state index in [1.165, 1.54) is 11.1 Å². The van der Waals surface area contributed by atoms with Crippen molar-refractivity contribution in [3.05, 3.63) is 29.6 Å². The molecule has 0 bridgehead atoms. The number of aromatic nitrogens is 1. The van der Waals surface area contributed by atoms with Gasteiger partial charge in [-0.2, -0.15) is 0 Å². The largest absolute Gasteiger partial charge is 0.381 e. The highest BCUT2D eigenvalue weighted by molar-refractivity contribution is 5.19. The molecule has 3 heteroatoms. The summed E-state index contributed by atoms with van der Waals surface area (Å²) in [5.41, 5.74) is 2.44. The van der Waals surface area contributed by atoms with E-state index in [9.17, 15) is 0 Å². The van der Waals surface area contributed by atoms with Crippen molar-refractivity contribution in [2.75, 3.05) is 20.3 Å². The Kier molecular flexibility index (Phi) is 6.04. The summed E-state index contributed by atoms with van der Waals surface area (Å²) in [7, 11) is 1.98. The van der Waals surface area contributed by atoms with Crippen molar-refractivity contribution in [2.24, 2.45) is 0 Å². The smallest absolute Gasteiger partial charge is 0.0484 e. The van der Waals surface area contributed by atoms with Crippen LogP contribution in [0.3, 0.4) is 0 Å². The Hall–Kier alpha value is -0.930. The number of hydrogen-bond acceptors (Lipinski definition) is 3. The molecule has 90 valence electrons.